The molecule has 80 valence electrons. The molecule has 0 atom stereocenters. The molecular formula is C13H17NS. The third-order valence-corrected chi connectivity index (χ3v) is 3.01. The number of allylic oxidation sites excluding steroid dienone is 2. The quantitative estimate of drug-likeness (QED) is 0.673. The summed E-state index contributed by atoms with van der Waals surface area (Å²) >= 11 is 1.69. The topological polar surface area (TPSA) is 3.24 Å². The zero-order chi connectivity index (χ0) is 11.1. The molecule has 0 spiro atoms. The minimum atomic E-state index is 0.962. The van der Waals surface area contributed by atoms with E-state index in [-0.39, 0.29) is 0 Å². The van der Waals surface area contributed by atoms with E-state index >= 15 is 0 Å². The molecular weight excluding hydrogens is 202 g/mol. The molecule has 0 heterocycles. The van der Waals surface area contributed by atoms with Gasteiger partial charge < -0.3 is 0 Å². The Labute approximate surface area is 96.6 Å². The number of hydrogen-bond donors (Lipinski definition) is 0. The third kappa shape index (κ3) is 3.84. The van der Waals surface area contributed by atoms with E-state index in [1.807, 2.05) is 37.4 Å². The second-order valence-electron chi connectivity index (χ2n) is 3.13. The van der Waals surface area contributed by atoms with Crippen molar-refractivity contribution >= 4 is 11.9 Å². The number of rotatable bonds is 5. The van der Waals surface area contributed by atoms with Crippen LogP contribution in [0, 0.1) is 0 Å². The minimum Gasteiger partial charge on any atom is -0.293 e. The highest BCUT2D eigenvalue weighted by atomic mass is 32.2. The summed E-state index contributed by atoms with van der Waals surface area (Å²) in [6.45, 7) is 8.17. The van der Waals surface area contributed by atoms with Crippen LogP contribution in [-0.4, -0.2) is 4.31 Å². The molecule has 15 heavy (non-hydrogen) atoms. The average molecular weight is 219 g/mol. The first-order valence-electron chi connectivity index (χ1n) is 5.10. The van der Waals surface area contributed by atoms with Gasteiger partial charge in [0.05, 0.1) is 0 Å². The second kappa shape index (κ2) is 6.36. The number of benzene rings is 1. The molecule has 1 aromatic rings. The SMILES string of the molecule is C=C(CC)N(/C=C\C)Sc1ccccc1. The van der Waals surface area contributed by atoms with Crippen molar-refractivity contribution in [3.63, 3.8) is 0 Å². The Bertz CT molecular complexity index is 330. The van der Waals surface area contributed by atoms with E-state index in [0.717, 1.165) is 12.1 Å². The van der Waals surface area contributed by atoms with Crippen LogP contribution >= 0.6 is 11.9 Å². The molecule has 0 radical (unpaired) electrons. The summed E-state index contributed by atoms with van der Waals surface area (Å²) in [7, 11) is 0. The van der Waals surface area contributed by atoms with Crippen molar-refractivity contribution < 1.29 is 0 Å². The summed E-state index contributed by atoms with van der Waals surface area (Å²) < 4.78 is 2.11. The Morgan fingerprint density at radius 1 is 1.40 bits per heavy atom. The molecule has 0 aliphatic rings. The summed E-state index contributed by atoms with van der Waals surface area (Å²) in [4.78, 5) is 1.23. The summed E-state index contributed by atoms with van der Waals surface area (Å²) in [5, 5.41) is 0. The Hall–Kier alpha value is -1.15. The predicted octanol–water partition coefficient (Wildman–Crippen LogP) is 4.45. The van der Waals surface area contributed by atoms with Crippen LogP contribution < -0.4 is 0 Å². The monoisotopic (exact) mass is 219 g/mol. The lowest BCUT2D eigenvalue weighted by atomic mass is 10.4. The molecule has 1 rings (SSSR count). The molecule has 0 aliphatic heterocycles. The molecule has 1 aromatic carbocycles. The van der Waals surface area contributed by atoms with E-state index < -0.39 is 0 Å². The van der Waals surface area contributed by atoms with Crippen molar-refractivity contribution in [2.75, 3.05) is 0 Å². The van der Waals surface area contributed by atoms with Gasteiger partial charge in [0.2, 0.25) is 0 Å². The molecule has 0 amide bonds. The van der Waals surface area contributed by atoms with Gasteiger partial charge in [-0.05, 0) is 37.4 Å². The van der Waals surface area contributed by atoms with Gasteiger partial charge in [-0.25, -0.2) is 0 Å². The van der Waals surface area contributed by atoms with Gasteiger partial charge in [0, 0.05) is 16.8 Å². The van der Waals surface area contributed by atoms with Crippen molar-refractivity contribution in [3.05, 3.63) is 54.9 Å². The number of nitrogens with zero attached hydrogens (tertiary/aromatic N) is 1. The largest absolute Gasteiger partial charge is 0.293 e. The van der Waals surface area contributed by atoms with E-state index in [2.05, 4.69) is 29.9 Å². The highest BCUT2D eigenvalue weighted by molar-refractivity contribution is 7.97. The Kier molecular flexibility index (Phi) is 5.05. The maximum atomic E-state index is 4.04. The van der Waals surface area contributed by atoms with Crippen molar-refractivity contribution in [1.82, 2.24) is 4.31 Å². The molecule has 1 nitrogen and oxygen atoms in total. The van der Waals surface area contributed by atoms with Crippen LogP contribution in [0.3, 0.4) is 0 Å². The fraction of sp³-hybridized carbons (Fsp3) is 0.231. The van der Waals surface area contributed by atoms with Crippen molar-refractivity contribution in [3.8, 4) is 0 Å². The predicted molar refractivity (Wildman–Crippen MR) is 68.4 cm³/mol. The summed E-state index contributed by atoms with van der Waals surface area (Å²) in [6.07, 6.45) is 5.03. The molecule has 0 N–H and O–H groups in total. The van der Waals surface area contributed by atoms with E-state index in [9.17, 15) is 0 Å². The Morgan fingerprint density at radius 3 is 2.60 bits per heavy atom. The molecule has 0 unspecified atom stereocenters. The van der Waals surface area contributed by atoms with E-state index in [4.69, 9.17) is 0 Å². The molecule has 0 fully saturated rings. The molecule has 2 heteroatoms. The van der Waals surface area contributed by atoms with Crippen LogP contribution in [0.15, 0.2) is 59.8 Å². The van der Waals surface area contributed by atoms with E-state index in [1.165, 1.54) is 4.90 Å². The van der Waals surface area contributed by atoms with Crippen LogP contribution in [0.5, 0.6) is 0 Å². The minimum absolute atomic E-state index is 0.962. The molecule has 0 saturated carbocycles. The average Bonchev–Trinajstić information content (AvgIpc) is 2.29. The van der Waals surface area contributed by atoms with Gasteiger partial charge in [-0.3, -0.25) is 4.31 Å². The van der Waals surface area contributed by atoms with Crippen LogP contribution in [0.1, 0.15) is 20.3 Å². The van der Waals surface area contributed by atoms with Gasteiger partial charge in [0.25, 0.3) is 0 Å². The smallest absolute Gasteiger partial charge is 0.0290 e. The highest BCUT2D eigenvalue weighted by Gasteiger charge is 2.03. The van der Waals surface area contributed by atoms with Gasteiger partial charge in [-0.1, -0.05) is 37.8 Å². The van der Waals surface area contributed by atoms with Crippen LogP contribution in [0.4, 0.5) is 0 Å². The van der Waals surface area contributed by atoms with Gasteiger partial charge >= 0.3 is 0 Å². The summed E-state index contributed by atoms with van der Waals surface area (Å²) in [6, 6.07) is 10.3. The normalized spacial score (nSPS) is 10.5. The first kappa shape index (κ1) is 11.9. The first-order valence-corrected chi connectivity index (χ1v) is 5.88. The lowest BCUT2D eigenvalue weighted by Gasteiger charge is -2.20. The van der Waals surface area contributed by atoms with Crippen molar-refractivity contribution in [2.45, 2.75) is 25.2 Å². The van der Waals surface area contributed by atoms with Gasteiger partial charge in [-0.15, -0.1) is 0 Å². The molecule has 0 saturated heterocycles. The zero-order valence-corrected chi connectivity index (χ0v) is 10.1. The van der Waals surface area contributed by atoms with Crippen LogP contribution in [0.2, 0.25) is 0 Å². The Morgan fingerprint density at radius 2 is 2.07 bits per heavy atom. The first-order chi connectivity index (χ1) is 7.27. The molecule has 0 aliphatic carbocycles. The lowest BCUT2D eigenvalue weighted by molar-refractivity contribution is 0.726. The standard InChI is InChI=1S/C13H17NS/c1-4-11-14(12(3)5-2)15-13-9-7-6-8-10-13/h4,6-11H,3,5H2,1-2H3/b11-4-. The second-order valence-corrected chi connectivity index (χ2v) is 4.18. The number of hydrogen-bond acceptors (Lipinski definition) is 2. The summed E-state index contributed by atoms with van der Waals surface area (Å²) in [5.74, 6) is 0. The maximum Gasteiger partial charge on any atom is 0.0290 e. The fourth-order valence-corrected chi connectivity index (χ4v) is 2.03. The lowest BCUT2D eigenvalue weighted by Crippen LogP contribution is -2.05. The van der Waals surface area contributed by atoms with Crippen molar-refractivity contribution in [2.24, 2.45) is 0 Å². The molecule has 0 aromatic heterocycles. The summed E-state index contributed by atoms with van der Waals surface area (Å²) in [5.41, 5.74) is 1.11. The van der Waals surface area contributed by atoms with E-state index in [1.54, 1.807) is 11.9 Å². The fourth-order valence-electron chi connectivity index (χ4n) is 1.09. The van der Waals surface area contributed by atoms with E-state index in [0.29, 0.717) is 0 Å². The Balaban J connectivity index is 2.71. The van der Waals surface area contributed by atoms with Gasteiger partial charge in [0.15, 0.2) is 0 Å². The van der Waals surface area contributed by atoms with Crippen LogP contribution in [0.25, 0.3) is 0 Å². The van der Waals surface area contributed by atoms with Crippen molar-refractivity contribution in [1.29, 1.82) is 0 Å². The third-order valence-electron chi connectivity index (χ3n) is 1.95. The highest BCUT2D eigenvalue weighted by Crippen LogP contribution is 2.27. The van der Waals surface area contributed by atoms with Gasteiger partial charge in [-0.2, -0.15) is 0 Å². The molecule has 0 bridgehead atoms. The van der Waals surface area contributed by atoms with Crippen LogP contribution in [-0.2, 0) is 0 Å². The van der Waals surface area contributed by atoms with Gasteiger partial charge in [0.1, 0.15) is 0 Å². The maximum absolute atomic E-state index is 4.04. The zero-order valence-electron chi connectivity index (χ0n) is 9.31.